The second kappa shape index (κ2) is 6.84. The summed E-state index contributed by atoms with van der Waals surface area (Å²) in [4.78, 5) is 6.61. The molecule has 0 radical (unpaired) electrons. The third-order valence-corrected chi connectivity index (χ3v) is 3.34. The molecule has 1 aromatic heterocycles. The maximum absolute atomic E-state index is 5.72. The number of rotatable bonds is 5. The van der Waals surface area contributed by atoms with Crippen molar-refractivity contribution in [3.05, 3.63) is 24.0 Å². The molecule has 5 nitrogen and oxygen atoms in total. The van der Waals surface area contributed by atoms with Crippen LogP contribution in [0.1, 0.15) is 19.5 Å². The molecule has 1 aliphatic heterocycles. The second-order valence-corrected chi connectivity index (χ2v) is 5.08. The summed E-state index contributed by atoms with van der Waals surface area (Å²) in [7, 11) is 0. The zero-order valence-electron chi connectivity index (χ0n) is 11.7. The van der Waals surface area contributed by atoms with Gasteiger partial charge in [0.15, 0.2) is 0 Å². The van der Waals surface area contributed by atoms with E-state index < -0.39 is 0 Å². The van der Waals surface area contributed by atoms with Crippen LogP contribution in [0.15, 0.2) is 18.3 Å². The minimum atomic E-state index is 0.130. The maximum atomic E-state index is 5.72. The molecule has 1 aliphatic rings. The van der Waals surface area contributed by atoms with E-state index in [4.69, 9.17) is 15.2 Å². The molecule has 2 rings (SSSR count). The van der Waals surface area contributed by atoms with Crippen molar-refractivity contribution >= 4 is 0 Å². The summed E-state index contributed by atoms with van der Waals surface area (Å²) >= 11 is 0. The van der Waals surface area contributed by atoms with E-state index in [0.29, 0.717) is 19.2 Å². The average molecular weight is 265 g/mol. The summed E-state index contributed by atoms with van der Waals surface area (Å²) in [6.45, 7) is 8.13. The predicted molar refractivity (Wildman–Crippen MR) is 74.1 cm³/mol. The standard InChI is InChI=1S/C14H23N3O2/c1-11(2)17-5-6-18-14(9-17)10-19-13-4-3-12(7-15)16-8-13/h3-4,8,11,14H,5-7,9-10,15H2,1-2H3. The molecule has 106 valence electrons. The van der Waals surface area contributed by atoms with Crippen LogP contribution in [0, 0.1) is 0 Å². The van der Waals surface area contributed by atoms with Crippen LogP contribution in [0.5, 0.6) is 5.75 Å². The Morgan fingerprint density at radius 2 is 2.37 bits per heavy atom. The molecule has 0 spiro atoms. The first-order chi connectivity index (χ1) is 9.19. The molecule has 5 heteroatoms. The van der Waals surface area contributed by atoms with Crippen LogP contribution in [0.2, 0.25) is 0 Å². The third-order valence-electron chi connectivity index (χ3n) is 3.34. The Morgan fingerprint density at radius 3 is 3.00 bits per heavy atom. The first-order valence-electron chi connectivity index (χ1n) is 6.82. The normalized spacial score (nSPS) is 20.7. The highest BCUT2D eigenvalue weighted by atomic mass is 16.5. The number of nitrogens with zero attached hydrogens (tertiary/aromatic N) is 2. The zero-order chi connectivity index (χ0) is 13.7. The highest BCUT2D eigenvalue weighted by Crippen LogP contribution is 2.13. The van der Waals surface area contributed by atoms with Crippen molar-refractivity contribution in [1.82, 2.24) is 9.88 Å². The van der Waals surface area contributed by atoms with E-state index in [9.17, 15) is 0 Å². The number of morpholine rings is 1. The average Bonchev–Trinajstić information content (AvgIpc) is 2.46. The fourth-order valence-corrected chi connectivity index (χ4v) is 2.12. The summed E-state index contributed by atoms with van der Waals surface area (Å²) in [5, 5.41) is 0. The highest BCUT2D eigenvalue weighted by Gasteiger charge is 2.22. The van der Waals surface area contributed by atoms with E-state index in [1.807, 2.05) is 12.1 Å². The zero-order valence-corrected chi connectivity index (χ0v) is 11.7. The largest absolute Gasteiger partial charge is 0.489 e. The van der Waals surface area contributed by atoms with Gasteiger partial charge in [-0.15, -0.1) is 0 Å². The van der Waals surface area contributed by atoms with Crippen molar-refractivity contribution in [1.29, 1.82) is 0 Å². The van der Waals surface area contributed by atoms with Crippen molar-refractivity contribution in [2.45, 2.75) is 32.5 Å². The van der Waals surface area contributed by atoms with Crippen molar-refractivity contribution < 1.29 is 9.47 Å². The number of hydrogen-bond donors (Lipinski definition) is 1. The molecule has 1 atom stereocenters. The van der Waals surface area contributed by atoms with Gasteiger partial charge in [0.25, 0.3) is 0 Å². The van der Waals surface area contributed by atoms with Crippen LogP contribution in [0.25, 0.3) is 0 Å². The van der Waals surface area contributed by atoms with Gasteiger partial charge in [0.2, 0.25) is 0 Å². The summed E-state index contributed by atoms with van der Waals surface area (Å²) in [6, 6.07) is 4.34. The lowest BCUT2D eigenvalue weighted by Crippen LogP contribution is -2.47. The molecule has 1 aromatic rings. The fraction of sp³-hybridized carbons (Fsp3) is 0.643. The van der Waals surface area contributed by atoms with E-state index in [1.54, 1.807) is 6.20 Å². The van der Waals surface area contributed by atoms with Gasteiger partial charge in [0.05, 0.1) is 18.5 Å². The summed E-state index contributed by atoms with van der Waals surface area (Å²) in [6.07, 6.45) is 1.84. The number of hydrogen-bond acceptors (Lipinski definition) is 5. The molecular formula is C14H23N3O2. The Balaban J connectivity index is 1.80. The van der Waals surface area contributed by atoms with Gasteiger partial charge in [-0.3, -0.25) is 9.88 Å². The van der Waals surface area contributed by atoms with E-state index >= 15 is 0 Å². The van der Waals surface area contributed by atoms with E-state index in [2.05, 4.69) is 23.7 Å². The lowest BCUT2D eigenvalue weighted by Gasteiger charge is -2.35. The molecule has 2 N–H and O–H groups in total. The maximum Gasteiger partial charge on any atom is 0.137 e. The van der Waals surface area contributed by atoms with Crippen LogP contribution < -0.4 is 10.5 Å². The van der Waals surface area contributed by atoms with Gasteiger partial charge in [0.1, 0.15) is 18.5 Å². The first kappa shape index (κ1) is 14.2. The first-order valence-corrected chi connectivity index (χ1v) is 6.82. The van der Waals surface area contributed by atoms with Crippen molar-refractivity contribution in [2.24, 2.45) is 5.73 Å². The van der Waals surface area contributed by atoms with E-state index in [1.165, 1.54) is 0 Å². The molecule has 0 aromatic carbocycles. The number of aromatic nitrogens is 1. The molecule has 19 heavy (non-hydrogen) atoms. The third kappa shape index (κ3) is 4.16. The molecule has 1 saturated heterocycles. The van der Waals surface area contributed by atoms with Crippen molar-refractivity contribution in [2.75, 3.05) is 26.3 Å². The molecule has 0 amide bonds. The second-order valence-electron chi connectivity index (χ2n) is 5.08. The molecule has 1 fully saturated rings. The fourth-order valence-electron chi connectivity index (χ4n) is 2.12. The van der Waals surface area contributed by atoms with E-state index in [0.717, 1.165) is 31.1 Å². The summed E-state index contributed by atoms with van der Waals surface area (Å²) < 4.78 is 11.4. The van der Waals surface area contributed by atoms with Crippen LogP contribution in [-0.2, 0) is 11.3 Å². The predicted octanol–water partition coefficient (Wildman–Crippen LogP) is 1.03. The monoisotopic (exact) mass is 265 g/mol. The van der Waals surface area contributed by atoms with Crippen LogP contribution in [0.3, 0.4) is 0 Å². The summed E-state index contributed by atoms with van der Waals surface area (Å²) in [5.41, 5.74) is 6.37. The molecule has 0 aliphatic carbocycles. The number of pyridine rings is 1. The quantitative estimate of drug-likeness (QED) is 0.861. The lowest BCUT2D eigenvalue weighted by molar-refractivity contribution is -0.0564. The number of nitrogens with two attached hydrogens (primary N) is 1. The van der Waals surface area contributed by atoms with Gasteiger partial charge in [-0.05, 0) is 26.0 Å². The van der Waals surface area contributed by atoms with Crippen molar-refractivity contribution in [3.8, 4) is 5.75 Å². The smallest absolute Gasteiger partial charge is 0.137 e. The molecule has 1 unspecified atom stereocenters. The number of ether oxygens (including phenoxy) is 2. The van der Waals surface area contributed by atoms with Crippen molar-refractivity contribution in [3.63, 3.8) is 0 Å². The molecule has 2 heterocycles. The Kier molecular flexibility index (Phi) is 5.13. The Morgan fingerprint density at radius 1 is 1.53 bits per heavy atom. The van der Waals surface area contributed by atoms with Gasteiger partial charge in [0, 0.05) is 25.7 Å². The van der Waals surface area contributed by atoms with Gasteiger partial charge in [-0.25, -0.2) is 0 Å². The minimum Gasteiger partial charge on any atom is -0.489 e. The van der Waals surface area contributed by atoms with Crippen LogP contribution in [0.4, 0.5) is 0 Å². The van der Waals surface area contributed by atoms with Gasteiger partial charge < -0.3 is 15.2 Å². The topological polar surface area (TPSA) is 60.6 Å². The lowest BCUT2D eigenvalue weighted by atomic mass is 10.2. The summed E-state index contributed by atoms with van der Waals surface area (Å²) in [5.74, 6) is 0.766. The highest BCUT2D eigenvalue weighted by molar-refractivity contribution is 5.19. The van der Waals surface area contributed by atoms with Crippen LogP contribution in [-0.4, -0.2) is 48.3 Å². The Labute approximate surface area is 114 Å². The van der Waals surface area contributed by atoms with E-state index in [-0.39, 0.29) is 6.10 Å². The van der Waals surface area contributed by atoms with Gasteiger partial charge in [-0.2, -0.15) is 0 Å². The van der Waals surface area contributed by atoms with Gasteiger partial charge >= 0.3 is 0 Å². The van der Waals surface area contributed by atoms with Gasteiger partial charge in [-0.1, -0.05) is 0 Å². The SMILES string of the molecule is CC(C)N1CCOC(COc2ccc(CN)nc2)C1. The minimum absolute atomic E-state index is 0.130. The Hall–Kier alpha value is -1.17. The molecular weight excluding hydrogens is 242 g/mol. The molecule has 0 saturated carbocycles. The van der Waals surface area contributed by atoms with Crippen LogP contribution >= 0.6 is 0 Å². The Bertz CT molecular complexity index is 381. The molecule has 0 bridgehead atoms.